The van der Waals surface area contributed by atoms with Gasteiger partial charge in [-0.05, 0) is 30.5 Å². The second kappa shape index (κ2) is 3.33. The zero-order valence-corrected chi connectivity index (χ0v) is 7.02. The molecule has 11 heavy (non-hydrogen) atoms. The highest BCUT2D eigenvalue weighted by atomic mass is 14.4. The van der Waals surface area contributed by atoms with Gasteiger partial charge in [-0.2, -0.15) is 0 Å². The fourth-order valence-corrected chi connectivity index (χ4v) is 1.02. The zero-order valence-electron chi connectivity index (χ0n) is 7.02. The van der Waals surface area contributed by atoms with E-state index in [-0.39, 0.29) is 0 Å². The average molecular weight is 147 g/mol. The molecule has 0 atom stereocenters. The highest BCUT2D eigenvalue weighted by Crippen LogP contribution is 2.05. The largest absolute Gasteiger partial charge is 0.305 e. The van der Waals surface area contributed by atoms with Crippen LogP contribution in [0.2, 0.25) is 0 Å². The molecule has 0 saturated carbocycles. The monoisotopic (exact) mass is 147 g/mol. The molecular weight excluding hydrogens is 134 g/mol. The second-order valence-corrected chi connectivity index (χ2v) is 2.68. The molecule has 0 saturated heterocycles. The Kier molecular flexibility index (Phi) is 2.42. The molecule has 0 aromatic heterocycles. The highest BCUT2D eigenvalue weighted by molar-refractivity contribution is 5.96. The normalized spacial score (nSPS) is 9.64. The second-order valence-electron chi connectivity index (χ2n) is 2.68. The lowest BCUT2D eigenvalue weighted by Gasteiger charge is -2.00. The Morgan fingerprint density at radius 1 is 1.45 bits per heavy atom. The van der Waals surface area contributed by atoms with Crippen molar-refractivity contribution in [3.63, 3.8) is 0 Å². The van der Waals surface area contributed by atoms with Crippen LogP contribution in [0, 0.1) is 5.41 Å². The SMILES string of the molecule is CCc1cccc(C(C)=N)c1. The van der Waals surface area contributed by atoms with Crippen LogP contribution >= 0.6 is 0 Å². The smallest absolute Gasteiger partial charge is 0.0355 e. The fourth-order valence-electron chi connectivity index (χ4n) is 1.02. The van der Waals surface area contributed by atoms with Crippen LogP contribution in [0.1, 0.15) is 25.0 Å². The van der Waals surface area contributed by atoms with E-state index < -0.39 is 0 Å². The Balaban J connectivity index is 3.01. The molecule has 0 aliphatic heterocycles. The number of benzene rings is 1. The van der Waals surface area contributed by atoms with Gasteiger partial charge in [0.05, 0.1) is 0 Å². The Bertz CT molecular complexity index is 263. The molecule has 1 heteroatoms. The summed E-state index contributed by atoms with van der Waals surface area (Å²) in [6, 6.07) is 8.14. The summed E-state index contributed by atoms with van der Waals surface area (Å²) in [4.78, 5) is 0. The third-order valence-electron chi connectivity index (χ3n) is 1.77. The molecule has 0 aliphatic rings. The van der Waals surface area contributed by atoms with Gasteiger partial charge in [-0.1, -0.05) is 25.1 Å². The van der Waals surface area contributed by atoms with E-state index in [1.807, 2.05) is 19.1 Å². The Hall–Kier alpha value is -1.11. The van der Waals surface area contributed by atoms with Crippen molar-refractivity contribution in [1.82, 2.24) is 0 Å². The van der Waals surface area contributed by atoms with Crippen LogP contribution in [0.15, 0.2) is 24.3 Å². The number of hydrogen-bond acceptors (Lipinski definition) is 1. The fraction of sp³-hybridized carbons (Fsp3) is 0.300. The average Bonchev–Trinajstić information content (AvgIpc) is 2.05. The van der Waals surface area contributed by atoms with Gasteiger partial charge in [0.25, 0.3) is 0 Å². The summed E-state index contributed by atoms with van der Waals surface area (Å²) in [6.07, 6.45) is 1.04. The van der Waals surface area contributed by atoms with Crippen LogP contribution < -0.4 is 0 Å². The molecule has 0 radical (unpaired) electrons. The van der Waals surface area contributed by atoms with Gasteiger partial charge in [-0.25, -0.2) is 0 Å². The molecule has 1 aromatic carbocycles. The maximum atomic E-state index is 7.41. The van der Waals surface area contributed by atoms with Crippen LogP contribution in [0.5, 0.6) is 0 Å². The van der Waals surface area contributed by atoms with Crippen molar-refractivity contribution in [3.8, 4) is 0 Å². The molecule has 1 N–H and O–H groups in total. The Morgan fingerprint density at radius 3 is 2.73 bits per heavy atom. The first-order chi connectivity index (χ1) is 5.24. The summed E-state index contributed by atoms with van der Waals surface area (Å²) in [5.41, 5.74) is 2.97. The van der Waals surface area contributed by atoms with Gasteiger partial charge in [0.1, 0.15) is 0 Å². The van der Waals surface area contributed by atoms with E-state index in [0.717, 1.165) is 12.0 Å². The molecule has 0 spiro atoms. The number of nitrogens with one attached hydrogen (secondary N) is 1. The van der Waals surface area contributed by atoms with E-state index in [1.54, 1.807) is 0 Å². The summed E-state index contributed by atoms with van der Waals surface area (Å²) in [7, 11) is 0. The Morgan fingerprint density at radius 2 is 2.18 bits per heavy atom. The molecule has 58 valence electrons. The first kappa shape index (κ1) is 7.99. The first-order valence-electron chi connectivity index (χ1n) is 3.88. The van der Waals surface area contributed by atoms with Crippen LogP contribution in [0.25, 0.3) is 0 Å². The van der Waals surface area contributed by atoms with Gasteiger partial charge < -0.3 is 5.41 Å². The van der Waals surface area contributed by atoms with Crippen molar-refractivity contribution in [1.29, 1.82) is 5.41 Å². The minimum absolute atomic E-state index is 0.639. The van der Waals surface area contributed by atoms with Crippen molar-refractivity contribution >= 4 is 5.71 Å². The third-order valence-corrected chi connectivity index (χ3v) is 1.77. The van der Waals surface area contributed by atoms with Crippen LogP contribution in [-0.4, -0.2) is 5.71 Å². The lowest BCUT2D eigenvalue weighted by atomic mass is 10.1. The van der Waals surface area contributed by atoms with E-state index >= 15 is 0 Å². The number of aryl methyl sites for hydroxylation is 1. The molecule has 1 rings (SSSR count). The quantitative estimate of drug-likeness (QED) is 0.622. The predicted molar refractivity (Wildman–Crippen MR) is 48.3 cm³/mol. The van der Waals surface area contributed by atoms with E-state index in [4.69, 9.17) is 5.41 Å². The van der Waals surface area contributed by atoms with E-state index in [1.165, 1.54) is 5.56 Å². The van der Waals surface area contributed by atoms with Crippen LogP contribution in [0.3, 0.4) is 0 Å². The summed E-state index contributed by atoms with van der Waals surface area (Å²) < 4.78 is 0. The van der Waals surface area contributed by atoms with Crippen molar-refractivity contribution < 1.29 is 0 Å². The van der Waals surface area contributed by atoms with E-state index in [2.05, 4.69) is 19.1 Å². The van der Waals surface area contributed by atoms with Gasteiger partial charge in [0, 0.05) is 5.71 Å². The van der Waals surface area contributed by atoms with Crippen molar-refractivity contribution in [2.75, 3.05) is 0 Å². The molecule has 0 bridgehead atoms. The molecular formula is C10H13N. The van der Waals surface area contributed by atoms with E-state index in [9.17, 15) is 0 Å². The summed E-state index contributed by atoms with van der Waals surface area (Å²) >= 11 is 0. The van der Waals surface area contributed by atoms with Crippen LogP contribution in [-0.2, 0) is 6.42 Å². The number of hydrogen-bond donors (Lipinski definition) is 1. The maximum absolute atomic E-state index is 7.41. The van der Waals surface area contributed by atoms with Crippen LogP contribution in [0.4, 0.5) is 0 Å². The minimum Gasteiger partial charge on any atom is -0.305 e. The molecule has 0 aliphatic carbocycles. The molecule has 0 unspecified atom stereocenters. The lowest BCUT2D eigenvalue weighted by Crippen LogP contribution is -1.92. The summed E-state index contributed by atoms with van der Waals surface area (Å²) in [5, 5.41) is 7.41. The van der Waals surface area contributed by atoms with Gasteiger partial charge in [-0.3, -0.25) is 0 Å². The van der Waals surface area contributed by atoms with Crippen molar-refractivity contribution in [3.05, 3.63) is 35.4 Å². The third kappa shape index (κ3) is 1.90. The minimum atomic E-state index is 0.639. The first-order valence-corrected chi connectivity index (χ1v) is 3.88. The molecule has 0 amide bonds. The Labute approximate surface area is 67.6 Å². The highest BCUT2D eigenvalue weighted by Gasteiger charge is 1.94. The molecule has 1 aromatic rings. The summed E-state index contributed by atoms with van der Waals surface area (Å²) in [6.45, 7) is 3.94. The predicted octanol–water partition coefficient (Wildman–Crippen LogP) is 2.64. The summed E-state index contributed by atoms with van der Waals surface area (Å²) in [5.74, 6) is 0. The molecule has 0 heterocycles. The van der Waals surface area contributed by atoms with Gasteiger partial charge in [0.2, 0.25) is 0 Å². The standard InChI is InChI=1S/C10H13N/c1-3-9-5-4-6-10(7-9)8(2)11/h4-7,11H,3H2,1-2H3. The van der Waals surface area contributed by atoms with E-state index in [0.29, 0.717) is 5.71 Å². The molecule has 0 fully saturated rings. The lowest BCUT2D eigenvalue weighted by molar-refractivity contribution is 1.14. The van der Waals surface area contributed by atoms with Gasteiger partial charge in [0.15, 0.2) is 0 Å². The van der Waals surface area contributed by atoms with Crippen molar-refractivity contribution in [2.24, 2.45) is 0 Å². The molecule has 1 nitrogen and oxygen atoms in total. The van der Waals surface area contributed by atoms with Gasteiger partial charge >= 0.3 is 0 Å². The van der Waals surface area contributed by atoms with Crippen molar-refractivity contribution in [2.45, 2.75) is 20.3 Å². The van der Waals surface area contributed by atoms with Gasteiger partial charge in [-0.15, -0.1) is 0 Å². The zero-order chi connectivity index (χ0) is 8.27. The number of rotatable bonds is 2. The maximum Gasteiger partial charge on any atom is 0.0355 e. The topological polar surface area (TPSA) is 23.9 Å².